The molecule has 0 aromatic rings. The number of hydrogen-bond donors (Lipinski definition) is 0. The molecule has 0 aromatic heterocycles. The van der Waals surface area contributed by atoms with Crippen LogP contribution in [0.25, 0.3) is 0 Å². The van der Waals surface area contributed by atoms with Crippen LogP contribution in [-0.4, -0.2) is 0 Å². The molecule has 0 bridgehead atoms. The van der Waals surface area contributed by atoms with Crippen LogP contribution in [0.3, 0.4) is 0 Å². The summed E-state index contributed by atoms with van der Waals surface area (Å²) in [7, 11) is 0. The van der Waals surface area contributed by atoms with E-state index in [2.05, 4.69) is 0 Å². The average molecular weight is 391 g/mol. The maximum absolute atomic E-state index is 6.25. The number of hydrogen-bond acceptors (Lipinski definition) is 6. The van der Waals surface area contributed by atoms with Gasteiger partial charge in [0, 0.05) is 0 Å². The van der Waals surface area contributed by atoms with E-state index in [0.29, 0.717) is 0 Å². The molecule has 6 nitrogen and oxygen atoms in total. The molecule has 0 rings (SSSR count). The van der Waals surface area contributed by atoms with Crippen molar-refractivity contribution in [2.45, 2.75) is 0 Å². The van der Waals surface area contributed by atoms with E-state index in [1.165, 1.54) is 0 Å². The van der Waals surface area contributed by atoms with Crippen molar-refractivity contribution in [2.75, 3.05) is 0 Å². The molecule has 0 aliphatic rings. The van der Waals surface area contributed by atoms with Gasteiger partial charge in [0.2, 0.25) is 0 Å². The summed E-state index contributed by atoms with van der Waals surface area (Å²) in [4.78, 5) is 0. The average Bonchev–Trinajstić information content (AvgIpc) is 2.33. The van der Waals surface area contributed by atoms with Gasteiger partial charge in [-0.15, -0.1) is 0 Å². The van der Waals surface area contributed by atoms with Gasteiger partial charge in [-0.05, 0) is 0 Å². The summed E-state index contributed by atoms with van der Waals surface area (Å²) >= 11 is 0. The molecule has 1 radical (unpaired) electrons. The third-order valence-electron chi connectivity index (χ3n) is 0. The summed E-state index contributed by atoms with van der Waals surface area (Å²) in [5.74, 6) is 0. The first-order chi connectivity index (χ1) is 6.00. The fourth-order valence-electron chi connectivity index (χ4n) is 0. The third-order valence-corrected chi connectivity index (χ3v) is 0. The molecule has 67 valence electrons. The first kappa shape index (κ1) is 77.4. The zero-order valence-electron chi connectivity index (χ0n) is 7.54. The Kier molecular flexibility index (Phi) is 60700. The van der Waals surface area contributed by atoms with Gasteiger partial charge in [-0.2, -0.15) is 0 Å². The second kappa shape index (κ2) is 11800. The second-order valence-corrected chi connectivity index (χ2v) is 0. The maximum Gasteiger partial charge on any atom is 3.00 e. The predicted octanol–water partition coefficient (Wildman–Crippen LogP) is -2.42. The fourth-order valence-corrected chi connectivity index (χ4v) is 0. The molecule has 0 aliphatic heterocycles. The Morgan fingerprint density at radius 1 is 0.400 bits per heavy atom. The van der Waals surface area contributed by atoms with Gasteiger partial charge in [-0.1, -0.05) is 0 Å². The minimum atomic E-state index is 0. The van der Waals surface area contributed by atoms with Crippen molar-refractivity contribution in [3.05, 3.63) is 39.4 Å². The van der Waals surface area contributed by atoms with Crippen LogP contribution in [0, 0.1) is 113 Å². The molecule has 0 aliphatic carbocycles. The van der Waals surface area contributed by atoms with Gasteiger partial charge in [0.05, 0.1) is 0 Å². The van der Waals surface area contributed by atoms with Gasteiger partial charge in [-0.3, -0.25) is 0 Å². The van der Waals surface area contributed by atoms with E-state index in [9.17, 15) is 0 Å². The van der Waals surface area contributed by atoms with Gasteiger partial charge >= 0.3 is 110 Å². The predicted molar refractivity (Wildman–Crippen MR) is 29.8 cm³/mol. The summed E-state index contributed by atoms with van der Waals surface area (Å²) in [5.41, 5.74) is 0. The standard InChI is InChI=1S/6CN.Ce.Fe.K/c6*1-2;;;/q6*-1;+3;+2;+1. The topological polar surface area (TPSA) is 143 Å². The first-order valence-electron chi connectivity index (χ1n) is 1.34. The first-order valence-corrected chi connectivity index (χ1v) is 1.34. The van der Waals surface area contributed by atoms with E-state index < -0.39 is 0 Å². The molecule has 0 heterocycles. The van der Waals surface area contributed by atoms with Crippen molar-refractivity contribution in [1.82, 2.24) is 0 Å². The minimum absolute atomic E-state index is 0. The van der Waals surface area contributed by atoms with Crippen LogP contribution in [-0.2, 0) is 17.1 Å². The van der Waals surface area contributed by atoms with Crippen molar-refractivity contribution in [2.24, 2.45) is 0 Å². The third kappa shape index (κ3) is 10100. The molecule has 15 heavy (non-hydrogen) atoms. The van der Waals surface area contributed by atoms with Crippen molar-refractivity contribution < 1.29 is 110 Å². The molecule has 9 heteroatoms. The quantitative estimate of drug-likeness (QED) is 0.332. The van der Waals surface area contributed by atoms with E-state index in [4.69, 9.17) is 71.0 Å². The Morgan fingerprint density at radius 3 is 0.400 bits per heavy atom. The molecular weight excluding hydrogens is 391 g/mol. The van der Waals surface area contributed by atoms with Gasteiger partial charge < -0.3 is 71.0 Å². The van der Waals surface area contributed by atoms with E-state index in [0.717, 1.165) is 0 Å². The molecular formula is C6CeFeKN6. The van der Waals surface area contributed by atoms with Gasteiger partial charge in [0.1, 0.15) is 0 Å². The van der Waals surface area contributed by atoms with Crippen LogP contribution in [0.5, 0.6) is 0 Å². The maximum atomic E-state index is 6.25. The Morgan fingerprint density at radius 2 is 0.400 bits per heavy atom. The monoisotopic (exact) mass is 391 g/mol. The second-order valence-electron chi connectivity index (χ2n) is 0. The van der Waals surface area contributed by atoms with Crippen molar-refractivity contribution in [3.8, 4) is 0 Å². The van der Waals surface area contributed by atoms with Crippen molar-refractivity contribution >= 4 is 0 Å². The zero-order chi connectivity index (χ0) is 12.0. The Labute approximate surface area is 177 Å². The van der Waals surface area contributed by atoms with Crippen LogP contribution < -0.4 is 51.4 Å². The molecule has 0 spiro atoms. The van der Waals surface area contributed by atoms with Crippen LogP contribution in [0.1, 0.15) is 0 Å². The zero-order valence-corrected chi connectivity index (χ0v) is 14.9. The Hall–Kier alpha value is 0.472. The molecule has 0 aromatic carbocycles. The summed E-state index contributed by atoms with van der Waals surface area (Å²) < 4.78 is 0. The van der Waals surface area contributed by atoms with Gasteiger partial charge in [-0.25, -0.2) is 0 Å². The van der Waals surface area contributed by atoms with E-state index in [-0.39, 0.29) is 110 Å². The fraction of sp³-hybridized carbons (Fsp3) is 0. The smallest absolute Gasteiger partial charge is 0.512 e. The van der Waals surface area contributed by atoms with Crippen LogP contribution >= 0.6 is 0 Å². The summed E-state index contributed by atoms with van der Waals surface area (Å²) in [6.07, 6.45) is 0. The number of rotatable bonds is 0. The number of nitrogens with zero attached hydrogens (tertiary/aromatic N) is 6. The SMILES string of the molecule is [C-]#N.[C-]#N.[C-]#N.[C-]#N.[C-]#N.[C-]#N.[Ce+3].[Fe+2].[K+]. The van der Waals surface area contributed by atoms with Gasteiger partial charge in [0.15, 0.2) is 0 Å². The summed E-state index contributed by atoms with van der Waals surface area (Å²) in [6.45, 7) is 28.5. The molecule has 0 saturated heterocycles. The van der Waals surface area contributed by atoms with Crippen LogP contribution in [0.2, 0.25) is 0 Å². The molecule has 0 amide bonds. The van der Waals surface area contributed by atoms with Crippen LogP contribution in [0.15, 0.2) is 0 Å². The Balaban J connectivity index is -0.00000000396. The largest absolute Gasteiger partial charge is 3.00 e. The summed E-state index contributed by atoms with van der Waals surface area (Å²) in [6, 6.07) is 0. The molecule has 0 fully saturated rings. The van der Waals surface area contributed by atoms with E-state index in [1.807, 2.05) is 0 Å². The normalized spacial score (nSPS) is 0.800. The molecule has 0 unspecified atom stereocenters. The molecule has 0 saturated carbocycles. The minimum Gasteiger partial charge on any atom is -0.512 e. The molecule has 0 N–H and O–H groups in total. The molecule has 0 atom stereocenters. The van der Waals surface area contributed by atoms with E-state index >= 15 is 0 Å². The van der Waals surface area contributed by atoms with Gasteiger partial charge in [0.25, 0.3) is 0 Å². The van der Waals surface area contributed by atoms with E-state index in [1.54, 1.807) is 0 Å². The summed E-state index contributed by atoms with van der Waals surface area (Å²) in [5, 5.41) is 37.5. The van der Waals surface area contributed by atoms with Crippen molar-refractivity contribution in [3.63, 3.8) is 0 Å². The van der Waals surface area contributed by atoms with Crippen LogP contribution in [0.4, 0.5) is 0 Å². The van der Waals surface area contributed by atoms with Crippen molar-refractivity contribution in [1.29, 1.82) is 31.6 Å². The Bertz CT molecular complexity index is 103.